The minimum absolute atomic E-state index is 0.313. The standard InChI is InChI=1S/C14H16N2O/c17-12-4-5-13-11(10-12)6-7-15-14(13)16-8-2-1-3-9-16/h4-7,10,17H,1-3,8-9H2. The smallest absolute Gasteiger partial charge is 0.136 e. The average Bonchev–Trinajstić information content (AvgIpc) is 2.39. The molecule has 0 atom stereocenters. The zero-order chi connectivity index (χ0) is 11.7. The highest BCUT2D eigenvalue weighted by atomic mass is 16.3. The molecular weight excluding hydrogens is 212 g/mol. The number of aromatic hydroxyl groups is 1. The molecule has 1 N–H and O–H groups in total. The van der Waals surface area contributed by atoms with E-state index in [1.54, 1.807) is 12.1 Å². The molecule has 1 fully saturated rings. The predicted octanol–water partition coefficient (Wildman–Crippen LogP) is 2.93. The van der Waals surface area contributed by atoms with Crippen molar-refractivity contribution in [3.8, 4) is 5.75 Å². The molecule has 0 saturated carbocycles. The molecule has 3 nitrogen and oxygen atoms in total. The Bertz CT molecular complexity index is 533. The molecule has 17 heavy (non-hydrogen) atoms. The highest BCUT2D eigenvalue weighted by molar-refractivity contribution is 5.93. The summed E-state index contributed by atoms with van der Waals surface area (Å²) in [5, 5.41) is 11.7. The van der Waals surface area contributed by atoms with E-state index >= 15 is 0 Å². The molecule has 1 saturated heterocycles. The Kier molecular flexibility index (Phi) is 2.59. The van der Waals surface area contributed by atoms with E-state index in [2.05, 4.69) is 9.88 Å². The fraction of sp³-hybridized carbons (Fsp3) is 0.357. The topological polar surface area (TPSA) is 36.4 Å². The molecule has 1 aromatic carbocycles. The van der Waals surface area contributed by atoms with Crippen LogP contribution in [0.4, 0.5) is 5.82 Å². The van der Waals surface area contributed by atoms with Gasteiger partial charge in [-0.1, -0.05) is 0 Å². The Morgan fingerprint density at radius 1 is 1.06 bits per heavy atom. The molecule has 0 spiro atoms. The summed E-state index contributed by atoms with van der Waals surface area (Å²) in [6.45, 7) is 2.18. The number of fused-ring (bicyclic) bond motifs is 1. The highest BCUT2D eigenvalue weighted by Gasteiger charge is 2.14. The molecule has 3 heteroatoms. The van der Waals surface area contributed by atoms with E-state index in [1.165, 1.54) is 19.3 Å². The van der Waals surface area contributed by atoms with E-state index in [-0.39, 0.29) is 0 Å². The lowest BCUT2D eigenvalue weighted by molar-refractivity contribution is 0.476. The van der Waals surface area contributed by atoms with Gasteiger partial charge in [0.1, 0.15) is 11.6 Å². The van der Waals surface area contributed by atoms with Crippen molar-refractivity contribution in [1.29, 1.82) is 0 Å². The Morgan fingerprint density at radius 3 is 2.71 bits per heavy atom. The summed E-state index contributed by atoms with van der Waals surface area (Å²) in [5.74, 6) is 1.37. The van der Waals surface area contributed by atoms with Crippen molar-refractivity contribution in [3.63, 3.8) is 0 Å². The van der Waals surface area contributed by atoms with Gasteiger partial charge in [0.25, 0.3) is 0 Å². The van der Waals surface area contributed by atoms with Crippen molar-refractivity contribution in [2.45, 2.75) is 19.3 Å². The lowest BCUT2D eigenvalue weighted by atomic mass is 10.1. The van der Waals surface area contributed by atoms with Crippen LogP contribution in [-0.4, -0.2) is 23.2 Å². The lowest BCUT2D eigenvalue weighted by Crippen LogP contribution is -2.30. The first-order chi connectivity index (χ1) is 8.34. The normalized spacial score (nSPS) is 16.4. The summed E-state index contributed by atoms with van der Waals surface area (Å²) >= 11 is 0. The van der Waals surface area contributed by atoms with E-state index < -0.39 is 0 Å². The van der Waals surface area contributed by atoms with Gasteiger partial charge in [0.05, 0.1) is 0 Å². The number of anilines is 1. The fourth-order valence-electron chi connectivity index (χ4n) is 2.51. The molecule has 1 aliphatic heterocycles. The predicted molar refractivity (Wildman–Crippen MR) is 69.5 cm³/mol. The second-order valence-electron chi connectivity index (χ2n) is 4.59. The number of phenols is 1. The van der Waals surface area contributed by atoms with Crippen molar-refractivity contribution >= 4 is 16.6 Å². The van der Waals surface area contributed by atoms with E-state index in [1.807, 2.05) is 18.3 Å². The van der Waals surface area contributed by atoms with Crippen LogP contribution in [0.15, 0.2) is 30.5 Å². The first-order valence-electron chi connectivity index (χ1n) is 6.17. The van der Waals surface area contributed by atoms with Crippen LogP contribution in [0.2, 0.25) is 0 Å². The lowest BCUT2D eigenvalue weighted by Gasteiger charge is -2.28. The van der Waals surface area contributed by atoms with E-state index in [9.17, 15) is 5.11 Å². The molecule has 88 valence electrons. The van der Waals surface area contributed by atoms with Crippen molar-refractivity contribution in [3.05, 3.63) is 30.5 Å². The quantitative estimate of drug-likeness (QED) is 0.815. The van der Waals surface area contributed by atoms with Gasteiger partial charge in [0.15, 0.2) is 0 Å². The van der Waals surface area contributed by atoms with Gasteiger partial charge in [0.2, 0.25) is 0 Å². The summed E-state index contributed by atoms with van der Waals surface area (Å²) in [6.07, 6.45) is 5.64. The molecule has 1 aliphatic rings. The van der Waals surface area contributed by atoms with Gasteiger partial charge in [-0.15, -0.1) is 0 Å². The van der Waals surface area contributed by atoms with Crippen LogP contribution in [0.5, 0.6) is 5.75 Å². The number of phenolic OH excluding ortho intramolecular Hbond substituents is 1. The monoisotopic (exact) mass is 228 g/mol. The van der Waals surface area contributed by atoms with Gasteiger partial charge in [-0.25, -0.2) is 4.98 Å². The molecular formula is C14H16N2O. The number of hydrogen-bond acceptors (Lipinski definition) is 3. The third-order valence-corrected chi connectivity index (χ3v) is 3.38. The SMILES string of the molecule is Oc1ccc2c(N3CCCCC3)nccc2c1. The highest BCUT2D eigenvalue weighted by Crippen LogP contribution is 2.28. The Morgan fingerprint density at radius 2 is 1.88 bits per heavy atom. The summed E-state index contributed by atoms with van der Waals surface area (Å²) < 4.78 is 0. The van der Waals surface area contributed by atoms with Gasteiger partial charge < -0.3 is 10.0 Å². The molecule has 0 amide bonds. The van der Waals surface area contributed by atoms with Crippen LogP contribution in [0.3, 0.4) is 0 Å². The number of benzene rings is 1. The Labute approximate surface area is 101 Å². The first kappa shape index (κ1) is 10.4. The number of rotatable bonds is 1. The Balaban J connectivity index is 2.09. The summed E-state index contributed by atoms with van der Waals surface area (Å²) in [6, 6.07) is 7.44. The van der Waals surface area contributed by atoms with Crippen LogP contribution in [0.25, 0.3) is 10.8 Å². The maximum atomic E-state index is 9.50. The number of nitrogens with zero attached hydrogens (tertiary/aromatic N) is 2. The second-order valence-corrected chi connectivity index (χ2v) is 4.59. The molecule has 1 aromatic heterocycles. The Hall–Kier alpha value is -1.77. The third-order valence-electron chi connectivity index (χ3n) is 3.38. The number of hydrogen-bond donors (Lipinski definition) is 1. The van der Waals surface area contributed by atoms with Crippen molar-refractivity contribution in [1.82, 2.24) is 4.98 Å². The van der Waals surface area contributed by atoms with Crippen LogP contribution in [-0.2, 0) is 0 Å². The average molecular weight is 228 g/mol. The number of piperidine rings is 1. The van der Waals surface area contributed by atoms with Crippen molar-refractivity contribution in [2.75, 3.05) is 18.0 Å². The minimum atomic E-state index is 0.313. The number of pyridine rings is 1. The van der Waals surface area contributed by atoms with Crippen LogP contribution >= 0.6 is 0 Å². The van der Waals surface area contributed by atoms with E-state index in [4.69, 9.17) is 0 Å². The summed E-state index contributed by atoms with van der Waals surface area (Å²) in [5.41, 5.74) is 0. The van der Waals surface area contributed by atoms with Gasteiger partial charge >= 0.3 is 0 Å². The zero-order valence-electron chi connectivity index (χ0n) is 9.76. The largest absolute Gasteiger partial charge is 0.508 e. The molecule has 0 radical (unpaired) electrons. The van der Waals surface area contributed by atoms with E-state index in [0.717, 1.165) is 29.7 Å². The molecule has 0 unspecified atom stereocenters. The van der Waals surface area contributed by atoms with Crippen molar-refractivity contribution < 1.29 is 5.11 Å². The van der Waals surface area contributed by atoms with Gasteiger partial charge in [0, 0.05) is 24.7 Å². The summed E-state index contributed by atoms with van der Waals surface area (Å²) in [7, 11) is 0. The van der Waals surface area contributed by atoms with Gasteiger partial charge in [-0.05, 0) is 48.9 Å². The van der Waals surface area contributed by atoms with Gasteiger partial charge in [-0.2, -0.15) is 0 Å². The van der Waals surface area contributed by atoms with Crippen LogP contribution in [0, 0.1) is 0 Å². The zero-order valence-corrected chi connectivity index (χ0v) is 9.76. The second kappa shape index (κ2) is 4.24. The fourth-order valence-corrected chi connectivity index (χ4v) is 2.51. The minimum Gasteiger partial charge on any atom is -0.508 e. The molecule has 2 aromatic rings. The van der Waals surface area contributed by atoms with Crippen molar-refractivity contribution in [2.24, 2.45) is 0 Å². The maximum absolute atomic E-state index is 9.50. The third kappa shape index (κ3) is 1.93. The number of aromatic nitrogens is 1. The maximum Gasteiger partial charge on any atom is 0.136 e. The van der Waals surface area contributed by atoms with Gasteiger partial charge in [-0.3, -0.25) is 0 Å². The molecule has 2 heterocycles. The van der Waals surface area contributed by atoms with Crippen LogP contribution < -0.4 is 4.90 Å². The van der Waals surface area contributed by atoms with Crippen LogP contribution in [0.1, 0.15) is 19.3 Å². The molecule has 0 aliphatic carbocycles. The first-order valence-corrected chi connectivity index (χ1v) is 6.17. The molecule has 0 bridgehead atoms. The molecule has 3 rings (SSSR count). The summed E-state index contributed by atoms with van der Waals surface area (Å²) in [4.78, 5) is 6.85. The van der Waals surface area contributed by atoms with E-state index in [0.29, 0.717) is 5.75 Å².